The Morgan fingerprint density at radius 2 is 1.97 bits per heavy atom. The van der Waals surface area contributed by atoms with Gasteiger partial charge in [-0.2, -0.15) is 9.97 Å². The number of hydrogen-bond acceptors (Lipinski definition) is 8. The second-order valence-corrected chi connectivity index (χ2v) is 9.94. The van der Waals surface area contributed by atoms with E-state index in [0.29, 0.717) is 29.9 Å². The largest absolute Gasteiger partial charge is 0.421 e. The van der Waals surface area contributed by atoms with E-state index in [2.05, 4.69) is 20.2 Å². The molecule has 8 nitrogen and oxygen atoms in total. The monoisotopic (exact) mass is 459 g/mol. The minimum Gasteiger partial charge on any atom is -0.421 e. The van der Waals surface area contributed by atoms with E-state index in [1.165, 1.54) is 6.07 Å². The SMILES string of the molecule is CNc1cc(F)cc2c1Cc1nc(Oc3cnc(C4CC4)nc3)nc(N3CC4CC(N)C4C3)c1-2. The standard InChI is InChI=1S/C25H26FN7O/c1-28-20-6-14(26)5-17-16(20)7-21-22(17)24(33-10-13-4-19(27)18(13)11-33)32-25(31-21)34-15-8-29-23(30-9-15)12-2-3-12/h5-6,8-9,12-13,18-19,28H,2-4,7,10-11,27H2,1H3. The molecule has 4 aliphatic rings. The number of fused-ring (bicyclic) bond motifs is 4. The predicted molar refractivity (Wildman–Crippen MR) is 126 cm³/mol. The van der Waals surface area contributed by atoms with Gasteiger partial charge in [-0.15, -0.1) is 0 Å². The van der Waals surface area contributed by atoms with Gasteiger partial charge in [-0.05, 0) is 54.4 Å². The van der Waals surface area contributed by atoms with Crippen LogP contribution in [-0.2, 0) is 6.42 Å². The Labute approximate surface area is 196 Å². The predicted octanol–water partition coefficient (Wildman–Crippen LogP) is 3.47. The van der Waals surface area contributed by atoms with Crippen LogP contribution in [0.1, 0.15) is 42.3 Å². The van der Waals surface area contributed by atoms with E-state index in [1.54, 1.807) is 18.5 Å². The maximum absolute atomic E-state index is 14.5. The Balaban J connectivity index is 1.29. The lowest BCUT2D eigenvalue weighted by molar-refractivity contribution is 0.194. The fourth-order valence-corrected chi connectivity index (χ4v) is 5.76. The molecule has 1 saturated heterocycles. The molecule has 3 aliphatic carbocycles. The molecule has 1 aromatic carbocycles. The van der Waals surface area contributed by atoms with Gasteiger partial charge in [0, 0.05) is 49.8 Å². The van der Waals surface area contributed by atoms with Crippen LogP contribution in [0.4, 0.5) is 15.9 Å². The molecule has 0 bridgehead atoms. The Bertz CT molecular complexity index is 1290. The Morgan fingerprint density at radius 3 is 2.68 bits per heavy atom. The van der Waals surface area contributed by atoms with Gasteiger partial charge in [0.2, 0.25) is 0 Å². The highest BCUT2D eigenvalue weighted by atomic mass is 19.1. The molecular weight excluding hydrogens is 433 g/mol. The summed E-state index contributed by atoms with van der Waals surface area (Å²) in [6.45, 7) is 1.74. The first-order chi connectivity index (χ1) is 16.6. The number of rotatable bonds is 5. The lowest BCUT2D eigenvalue weighted by atomic mass is 9.72. The van der Waals surface area contributed by atoms with Gasteiger partial charge in [0.05, 0.1) is 18.1 Å². The minimum absolute atomic E-state index is 0.239. The van der Waals surface area contributed by atoms with Crippen molar-refractivity contribution in [3.05, 3.63) is 47.4 Å². The van der Waals surface area contributed by atoms with Crippen LogP contribution >= 0.6 is 0 Å². The molecule has 174 valence electrons. The van der Waals surface area contributed by atoms with Gasteiger partial charge in [-0.3, -0.25) is 0 Å². The first-order valence-electron chi connectivity index (χ1n) is 12.0. The Morgan fingerprint density at radius 1 is 1.15 bits per heavy atom. The van der Waals surface area contributed by atoms with Crippen molar-refractivity contribution < 1.29 is 9.13 Å². The third-order valence-corrected chi connectivity index (χ3v) is 7.76. The van der Waals surface area contributed by atoms with Crippen LogP contribution in [0.3, 0.4) is 0 Å². The van der Waals surface area contributed by atoms with E-state index in [0.717, 1.165) is 72.1 Å². The zero-order chi connectivity index (χ0) is 23.0. The van der Waals surface area contributed by atoms with Crippen molar-refractivity contribution in [2.24, 2.45) is 17.6 Å². The van der Waals surface area contributed by atoms with Gasteiger partial charge in [-0.25, -0.2) is 14.4 Å². The lowest BCUT2D eigenvalue weighted by Crippen LogP contribution is -2.46. The number of nitrogens with one attached hydrogen (secondary N) is 1. The average molecular weight is 460 g/mol. The maximum atomic E-state index is 14.5. The summed E-state index contributed by atoms with van der Waals surface area (Å²) in [7, 11) is 1.81. The van der Waals surface area contributed by atoms with Gasteiger partial charge in [0.15, 0.2) is 5.75 Å². The van der Waals surface area contributed by atoms with E-state index >= 15 is 0 Å². The summed E-state index contributed by atoms with van der Waals surface area (Å²) in [4.78, 5) is 20.8. The topological polar surface area (TPSA) is 102 Å². The van der Waals surface area contributed by atoms with Crippen LogP contribution < -0.4 is 20.7 Å². The summed E-state index contributed by atoms with van der Waals surface area (Å²) < 4.78 is 20.5. The molecule has 7 rings (SSSR count). The summed E-state index contributed by atoms with van der Waals surface area (Å²) in [5.74, 6) is 3.42. The zero-order valence-electron chi connectivity index (χ0n) is 19.0. The second-order valence-electron chi connectivity index (χ2n) is 9.94. The van der Waals surface area contributed by atoms with E-state index in [1.807, 2.05) is 7.05 Å². The van der Waals surface area contributed by atoms with Gasteiger partial charge in [-0.1, -0.05) is 0 Å². The number of aromatic nitrogens is 4. The number of benzene rings is 1. The van der Waals surface area contributed by atoms with Crippen molar-refractivity contribution >= 4 is 11.5 Å². The number of hydrogen-bond donors (Lipinski definition) is 2. The average Bonchev–Trinajstić information content (AvgIpc) is 3.53. The van der Waals surface area contributed by atoms with Crippen molar-refractivity contribution in [3.8, 4) is 22.9 Å². The number of nitrogens with zero attached hydrogens (tertiary/aromatic N) is 5. The zero-order valence-corrected chi connectivity index (χ0v) is 19.0. The molecular formula is C25H26FN7O. The fraction of sp³-hybridized carbons (Fsp3) is 0.440. The maximum Gasteiger partial charge on any atom is 0.324 e. The molecule has 34 heavy (non-hydrogen) atoms. The number of nitrogens with two attached hydrogens (primary N) is 1. The molecule has 0 radical (unpaired) electrons. The molecule has 3 unspecified atom stereocenters. The summed E-state index contributed by atoms with van der Waals surface area (Å²) in [5, 5.41) is 3.13. The molecule has 3 atom stereocenters. The van der Waals surface area contributed by atoms with Gasteiger partial charge in [0.25, 0.3) is 0 Å². The minimum atomic E-state index is -0.279. The first kappa shape index (κ1) is 20.1. The van der Waals surface area contributed by atoms with Crippen molar-refractivity contribution in [2.45, 2.75) is 37.6 Å². The molecule has 3 N–H and O–H groups in total. The quantitative estimate of drug-likeness (QED) is 0.468. The summed E-state index contributed by atoms with van der Waals surface area (Å²) >= 11 is 0. The molecule has 3 heterocycles. The van der Waals surface area contributed by atoms with Crippen LogP contribution in [0.2, 0.25) is 0 Å². The van der Waals surface area contributed by atoms with Crippen LogP contribution in [-0.4, -0.2) is 46.1 Å². The number of ether oxygens (including phenoxy) is 1. The van der Waals surface area contributed by atoms with Crippen LogP contribution in [0.5, 0.6) is 11.8 Å². The third-order valence-electron chi connectivity index (χ3n) is 7.76. The summed E-state index contributed by atoms with van der Waals surface area (Å²) in [6, 6.07) is 3.63. The molecule has 2 saturated carbocycles. The van der Waals surface area contributed by atoms with Crippen molar-refractivity contribution in [3.63, 3.8) is 0 Å². The highest BCUT2D eigenvalue weighted by molar-refractivity contribution is 5.88. The normalized spacial score (nSPS) is 24.3. The highest BCUT2D eigenvalue weighted by Gasteiger charge is 2.46. The number of anilines is 2. The first-order valence-corrected chi connectivity index (χ1v) is 12.0. The van der Waals surface area contributed by atoms with Gasteiger partial charge >= 0.3 is 6.01 Å². The van der Waals surface area contributed by atoms with E-state index < -0.39 is 0 Å². The van der Waals surface area contributed by atoms with Crippen molar-refractivity contribution in [1.29, 1.82) is 0 Å². The highest BCUT2D eigenvalue weighted by Crippen LogP contribution is 2.48. The van der Waals surface area contributed by atoms with Gasteiger partial charge < -0.3 is 20.7 Å². The lowest BCUT2D eigenvalue weighted by Gasteiger charge is -2.36. The Hall–Kier alpha value is -3.33. The number of halogens is 1. The van der Waals surface area contributed by atoms with Crippen LogP contribution in [0.25, 0.3) is 11.1 Å². The summed E-state index contributed by atoms with van der Waals surface area (Å²) in [6.07, 6.45) is 7.30. The summed E-state index contributed by atoms with van der Waals surface area (Å²) in [5.41, 5.74) is 10.7. The molecule has 0 spiro atoms. The second kappa shape index (κ2) is 7.33. The smallest absolute Gasteiger partial charge is 0.324 e. The third kappa shape index (κ3) is 3.14. The molecule has 1 aliphatic heterocycles. The van der Waals surface area contributed by atoms with E-state index in [4.69, 9.17) is 20.4 Å². The van der Waals surface area contributed by atoms with E-state index in [9.17, 15) is 4.39 Å². The van der Waals surface area contributed by atoms with Crippen molar-refractivity contribution in [1.82, 2.24) is 19.9 Å². The molecule has 3 fully saturated rings. The molecule has 9 heteroatoms. The molecule has 2 aromatic heterocycles. The van der Waals surface area contributed by atoms with Gasteiger partial charge in [0.1, 0.15) is 17.5 Å². The fourth-order valence-electron chi connectivity index (χ4n) is 5.76. The molecule has 3 aromatic rings. The van der Waals surface area contributed by atoms with Crippen LogP contribution in [0.15, 0.2) is 24.5 Å². The molecule has 0 amide bonds. The Kier molecular flexibility index (Phi) is 4.33. The van der Waals surface area contributed by atoms with Crippen molar-refractivity contribution in [2.75, 3.05) is 30.4 Å². The van der Waals surface area contributed by atoms with E-state index in [-0.39, 0.29) is 17.9 Å². The van der Waals surface area contributed by atoms with Crippen LogP contribution in [0, 0.1) is 17.7 Å².